The van der Waals surface area contributed by atoms with Gasteiger partial charge in [-0.1, -0.05) is 0 Å². The molecule has 3 N–H and O–H groups in total. The lowest BCUT2D eigenvalue weighted by Crippen LogP contribution is -2.24. The third-order valence-corrected chi connectivity index (χ3v) is 2.09. The summed E-state index contributed by atoms with van der Waals surface area (Å²) < 4.78 is 40.0. The van der Waals surface area contributed by atoms with Gasteiger partial charge < -0.3 is 15.8 Å². The van der Waals surface area contributed by atoms with Crippen molar-refractivity contribution >= 4 is 33.3 Å². The topological polar surface area (TPSA) is 77.2 Å². The SMILES string of the molecule is Nc1ncc(Br)cc1NC(=O)COCC(F)(F)F. The number of nitrogen functional groups attached to an aromatic ring is 1. The van der Waals surface area contributed by atoms with Gasteiger partial charge in [0.05, 0.1) is 5.69 Å². The van der Waals surface area contributed by atoms with Crippen molar-refractivity contribution in [3.8, 4) is 0 Å². The van der Waals surface area contributed by atoms with Crippen LogP contribution in [0.25, 0.3) is 0 Å². The van der Waals surface area contributed by atoms with Crippen LogP contribution in [0, 0.1) is 0 Å². The molecule has 0 saturated heterocycles. The second-order valence-electron chi connectivity index (χ2n) is 3.24. The van der Waals surface area contributed by atoms with Gasteiger partial charge in [0.25, 0.3) is 0 Å². The molecule has 0 fully saturated rings. The van der Waals surface area contributed by atoms with E-state index in [1.165, 1.54) is 12.3 Å². The summed E-state index contributed by atoms with van der Waals surface area (Å²) in [5.74, 6) is -0.687. The minimum absolute atomic E-state index is 0.0578. The van der Waals surface area contributed by atoms with E-state index < -0.39 is 25.3 Å². The number of anilines is 2. The van der Waals surface area contributed by atoms with Gasteiger partial charge in [0, 0.05) is 10.7 Å². The molecule has 0 spiro atoms. The number of rotatable bonds is 4. The molecule has 100 valence electrons. The molecule has 1 rings (SSSR count). The average Bonchev–Trinajstić information content (AvgIpc) is 2.21. The van der Waals surface area contributed by atoms with Crippen LogP contribution in [0.2, 0.25) is 0 Å². The maximum atomic E-state index is 11.8. The van der Waals surface area contributed by atoms with Crippen molar-refractivity contribution in [3.05, 3.63) is 16.7 Å². The van der Waals surface area contributed by atoms with E-state index in [-0.39, 0.29) is 11.5 Å². The number of halogens is 4. The van der Waals surface area contributed by atoms with Crippen LogP contribution in [0.15, 0.2) is 16.7 Å². The van der Waals surface area contributed by atoms with E-state index in [1.807, 2.05) is 0 Å². The second-order valence-corrected chi connectivity index (χ2v) is 4.16. The lowest BCUT2D eigenvalue weighted by Gasteiger charge is -2.09. The second kappa shape index (κ2) is 6.01. The quantitative estimate of drug-likeness (QED) is 0.886. The minimum atomic E-state index is -4.46. The number of hydrogen-bond donors (Lipinski definition) is 2. The van der Waals surface area contributed by atoms with Crippen LogP contribution in [-0.4, -0.2) is 30.3 Å². The summed E-state index contributed by atoms with van der Waals surface area (Å²) in [5.41, 5.74) is 5.67. The van der Waals surface area contributed by atoms with Crippen LogP contribution >= 0.6 is 15.9 Å². The van der Waals surface area contributed by atoms with Gasteiger partial charge in [-0.15, -0.1) is 0 Å². The summed E-state index contributed by atoms with van der Waals surface area (Å²) in [6, 6.07) is 1.48. The first-order chi connectivity index (χ1) is 8.28. The van der Waals surface area contributed by atoms with E-state index in [2.05, 4.69) is 31.0 Å². The highest BCUT2D eigenvalue weighted by Crippen LogP contribution is 2.20. The van der Waals surface area contributed by atoms with Gasteiger partial charge in [-0.3, -0.25) is 4.79 Å². The molecule has 1 amide bonds. The Morgan fingerprint density at radius 2 is 2.22 bits per heavy atom. The molecule has 0 aliphatic heterocycles. The summed E-state index contributed by atoms with van der Waals surface area (Å²) in [4.78, 5) is 15.0. The molecule has 0 saturated carbocycles. The predicted molar refractivity (Wildman–Crippen MR) is 61.9 cm³/mol. The fraction of sp³-hybridized carbons (Fsp3) is 0.333. The summed E-state index contributed by atoms with van der Waals surface area (Å²) >= 11 is 3.12. The van der Waals surface area contributed by atoms with E-state index in [4.69, 9.17) is 5.73 Å². The van der Waals surface area contributed by atoms with Crippen molar-refractivity contribution < 1.29 is 22.7 Å². The average molecular weight is 328 g/mol. The van der Waals surface area contributed by atoms with Gasteiger partial charge in [-0.05, 0) is 22.0 Å². The van der Waals surface area contributed by atoms with E-state index in [1.54, 1.807) is 0 Å². The molecule has 0 unspecified atom stereocenters. The number of pyridine rings is 1. The molecule has 18 heavy (non-hydrogen) atoms. The number of nitrogens with two attached hydrogens (primary N) is 1. The fourth-order valence-electron chi connectivity index (χ4n) is 0.996. The zero-order valence-corrected chi connectivity index (χ0v) is 10.5. The minimum Gasteiger partial charge on any atom is -0.382 e. The summed E-state index contributed by atoms with van der Waals surface area (Å²) in [5, 5.41) is 2.29. The van der Waals surface area contributed by atoms with Gasteiger partial charge in [0.1, 0.15) is 19.0 Å². The highest BCUT2D eigenvalue weighted by atomic mass is 79.9. The Balaban J connectivity index is 2.47. The summed E-state index contributed by atoms with van der Waals surface area (Å²) in [7, 11) is 0. The Bertz CT molecular complexity index is 440. The van der Waals surface area contributed by atoms with Crippen molar-refractivity contribution in [2.75, 3.05) is 24.3 Å². The normalized spacial score (nSPS) is 11.3. The van der Waals surface area contributed by atoms with E-state index >= 15 is 0 Å². The number of hydrogen-bond acceptors (Lipinski definition) is 4. The lowest BCUT2D eigenvalue weighted by molar-refractivity contribution is -0.174. The molecule has 0 bridgehead atoms. The maximum absolute atomic E-state index is 11.8. The van der Waals surface area contributed by atoms with Crippen molar-refractivity contribution in [1.82, 2.24) is 4.98 Å². The molecule has 0 aromatic carbocycles. The number of alkyl halides is 3. The van der Waals surface area contributed by atoms with Crippen LogP contribution in [-0.2, 0) is 9.53 Å². The number of amides is 1. The smallest absolute Gasteiger partial charge is 0.382 e. The highest BCUT2D eigenvalue weighted by Gasteiger charge is 2.27. The molecule has 1 aromatic rings. The standard InChI is InChI=1S/C9H9BrF3N3O2/c10-5-1-6(8(14)15-2-5)16-7(17)3-18-4-9(11,12)13/h1-2H,3-4H2,(H2,14,15)(H,16,17). The van der Waals surface area contributed by atoms with E-state index in [9.17, 15) is 18.0 Å². The number of carbonyl (C=O) groups excluding carboxylic acids is 1. The number of ether oxygens (including phenoxy) is 1. The molecule has 9 heteroatoms. The zero-order valence-electron chi connectivity index (χ0n) is 8.92. The van der Waals surface area contributed by atoms with Crippen LogP contribution < -0.4 is 11.1 Å². The van der Waals surface area contributed by atoms with Crippen molar-refractivity contribution in [2.45, 2.75) is 6.18 Å². The fourth-order valence-corrected chi connectivity index (χ4v) is 1.33. The van der Waals surface area contributed by atoms with Crippen LogP contribution in [0.5, 0.6) is 0 Å². The Kier molecular flexibility index (Phi) is 4.91. The highest BCUT2D eigenvalue weighted by molar-refractivity contribution is 9.10. The van der Waals surface area contributed by atoms with Crippen LogP contribution in [0.1, 0.15) is 0 Å². The van der Waals surface area contributed by atoms with Crippen LogP contribution in [0.3, 0.4) is 0 Å². The molecule has 0 radical (unpaired) electrons. The monoisotopic (exact) mass is 327 g/mol. The first-order valence-corrected chi connectivity index (χ1v) is 5.42. The molecule has 0 aliphatic rings. The third-order valence-electron chi connectivity index (χ3n) is 1.66. The van der Waals surface area contributed by atoms with E-state index in [0.29, 0.717) is 4.47 Å². The molecule has 1 heterocycles. The largest absolute Gasteiger partial charge is 0.411 e. The van der Waals surface area contributed by atoms with Gasteiger partial charge in [0.15, 0.2) is 0 Å². The molecule has 0 atom stereocenters. The third kappa shape index (κ3) is 5.32. The Morgan fingerprint density at radius 3 is 2.83 bits per heavy atom. The lowest BCUT2D eigenvalue weighted by atomic mass is 10.4. The van der Waals surface area contributed by atoms with Crippen LogP contribution in [0.4, 0.5) is 24.7 Å². The van der Waals surface area contributed by atoms with Gasteiger partial charge in [-0.25, -0.2) is 4.98 Å². The van der Waals surface area contributed by atoms with Gasteiger partial charge >= 0.3 is 6.18 Å². The first kappa shape index (κ1) is 14.7. The number of aromatic nitrogens is 1. The summed E-state index contributed by atoms with van der Waals surface area (Å²) in [6.07, 6.45) is -3.04. The Labute approximate surface area is 109 Å². The molecule has 1 aromatic heterocycles. The Morgan fingerprint density at radius 1 is 1.56 bits per heavy atom. The van der Waals surface area contributed by atoms with E-state index in [0.717, 1.165) is 0 Å². The molecular weight excluding hydrogens is 319 g/mol. The van der Waals surface area contributed by atoms with Gasteiger partial charge in [-0.2, -0.15) is 13.2 Å². The molecule has 0 aliphatic carbocycles. The summed E-state index contributed by atoms with van der Waals surface area (Å²) in [6.45, 7) is -2.20. The van der Waals surface area contributed by atoms with Crippen molar-refractivity contribution in [3.63, 3.8) is 0 Å². The van der Waals surface area contributed by atoms with Crippen molar-refractivity contribution in [1.29, 1.82) is 0 Å². The zero-order chi connectivity index (χ0) is 13.8. The molecule has 5 nitrogen and oxygen atoms in total. The number of nitrogens with one attached hydrogen (secondary N) is 1. The van der Waals surface area contributed by atoms with Crippen molar-refractivity contribution in [2.24, 2.45) is 0 Å². The maximum Gasteiger partial charge on any atom is 0.411 e. The number of nitrogens with zero attached hydrogens (tertiary/aromatic N) is 1. The van der Waals surface area contributed by atoms with Gasteiger partial charge in [0.2, 0.25) is 5.91 Å². The predicted octanol–water partition coefficient (Wildman–Crippen LogP) is 1.94. The Hall–Kier alpha value is -1.35. The first-order valence-electron chi connectivity index (χ1n) is 4.63. The number of carbonyl (C=O) groups is 1. The molecular formula is C9H9BrF3N3O2.